The zero-order valence-corrected chi connectivity index (χ0v) is 13.5. The third kappa shape index (κ3) is 6.87. The maximum Gasteiger partial charge on any atom is 0.308 e. The SMILES string of the molecule is CSC1COC[C@@H]1OC(=O)CCOP(C)OCCC#N. The fourth-order valence-electron chi connectivity index (χ4n) is 1.59. The highest BCUT2D eigenvalue weighted by molar-refractivity contribution is 7.99. The number of carbonyl (C=O) groups is 1. The molecule has 0 aromatic rings. The first-order chi connectivity index (χ1) is 9.67. The molecular weight excluding hydrogens is 301 g/mol. The van der Waals surface area contributed by atoms with Crippen molar-refractivity contribution in [1.29, 1.82) is 5.26 Å². The standard InChI is InChI=1S/C12H20NO5PS/c1-19(16-6-3-5-13)17-7-4-12(14)18-10-8-15-9-11(10)20-2/h10-11H,3-4,6-9H2,1-2H3/t10-,11?,19?/m0/s1. The molecule has 0 spiro atoms. The summed E-state index contributed by atoms with van der Waals surface area (Å²) in [6, 6.07) is 1.99. The van der Waals surface area contributed by atoms with E-state index in [2.05, 4.69) is 0 Å². The molecule has 1 heterocycles. The molecule has 0 bridgehead atoms. The van der Waals surface area contributed by atoms with E-state index in [1.807, 2.05) is 12.3 Å². The lowest BCUT2D eigenvalue weighted by atomic mass is 10.3. The first-order valence-electron chi connectivity index (χ1n) is 6.34. The molecule has 0 N–H and O–H groups in total. The van der Waals surface area contributed by atoms with E-state index in [0.717, 1.165) is 0 Å². The molecule has 0 amide bonds. The van der Waals surface area contributed by atoms with Gasteiger partial charge in [-0.2, -0.15) is 17.0 Å². The molecule has 1 saturated heterocycles. The number of ether oxygens (including phenoxy) is 2. The van der Waals surface area contributed by atoms with Gasteiger partial charge in [0, 0.05) is 6.66 Å². The molecule has 1 aliphatic heterocycles. The Bertz CT molecular complexity index is 338. The van der Waals surface area contributed by atoms with Gasteiger partial charge in [0.15, 0.2) is 8.38 Å². The summed E-state index contributed by atoms with van der Waals surface area (Å²) in [6.45, 7) is 3.52. The van der Waals surface area contributed by atoms with E-state index in [9.17, 15) is 4.79 Å². The van der Waals surface area contributed by atoms with Gasteiger partial charge in [0.25, 0.3) is 0 Å². The minimum Gasteiger partial charge on any atom is -0.459 e. The summed E-state index contributed by atoms with van der Waals surface area (Å²) in [6.07, 6.45) is 2.36. The van der Waals surface area contributed by atoms with Crippen LogP contribution < -0.4 is 0 Å². The third-order valence-electron chi connectivity index (χ3n) is 2.63. The third-order valence-corrected chi connectivity index (χ3v) is 4.77. The van der Waals surface area contributed by atoms with Crippen LogP contribution >= 0.6 is 20.1 Å². The van der Waals surface area contributed by atoms with Gasteiger partial charge in [0.1, 0.15) is 6.10 Å². The summed E-state index contributed by atoms with van der Waals surface area (Å²) >= 11 is 1.65. The lowest BCUT2D eigenvalue weighted by molar-refractivity contribution is -0.149. The van der Waals surface area contributed by atoms with Crippen LogP contribution in [0.4, 0.5) is 0 Å². The monoisotopic (exact) mass is 321 g/mol. The van der Waals surface area contributed by atoms with E-state index < -0.39 is 8.38 Å². The second-order valence-corrected chi connectivity index (χ2v) is 6.58. The molecule has 0 aromatic heterocycles. The van der Waals surface area contributed by atoms with Gasteiger partial charge in [-0.3, -0.25) is 4.79 Å². The topological polar surface area (TPSA) is 77.8 Å². The van der Waals surface area contributed by atoms with Crippen molar-refractivity contribution in [3.05, 3.63) is 0 Å². The predicted octanol–water partition coefficient (Wildman–Crippen LogP) is 1.94. The first kappa shape index (κ1) is 17.7. The van der Waals surface area contributed by atoms with Crippen molar-refractivity contribution < 1.29 is 23.3 Å². The molecule has 2 unspecified atom stereocenters. The second-order valence-electron chi connectivity index (χ2n) is 4.10. The molecule has 0 aromatic carbocycles. The number of carbonyl (C=O) groups excluding carboxylic acids is 1. The Labute approximate surface area is 125 Å². The number of rotatable bonds is 9. The Morgan fingerprint density at radius 2 is 2.20 bits per heavy atom. The van der Waals surface area contributed by atoms with E-state index >= 15 is 0 Å². The maximum absolute atomic E-state index is 11.7. The highest BCUT2D eigenvalue weighted by Gasteiger charge is 2.30. The van der Waals surface area contributed by atoms with Crippen molar-refractivity contribution in [3.8, 4) is 6.07 Å². The lowest BCUT2D eigenvalue weighted by Gasteiger charge is -2.16. The quantitative estimate of drug-likeness (QED) is 0.365. The van der Waals surface area contributed by atoms with E-state index in [1.165, 1.54) is 0 Å². The van der Waals surface area contributed by atoms with E-state index in [1.54, 1.807) is 18.4 Å². The number of hydrogen-bond acceptors (Lipinski definition) is 7. The Morgan fingerprint density at radius 3 is 2.90 bits per heavy atom. The van der Waals surface area contributed by atoms with Crippen LogP contribution in [0, 0.1) is 11.3 Å². The average Bonchev–Trinajstić information content (AvgIpc) is 2.86. The largest absolute Gasteiger partial charge is 0.459 e. The zero-order chi connectivity index (χ0) is 14.8. The molecule has 1 aliphatic rings. The number of nitrogens with zero attached hydrogens (tertiary/aromatic N) is 1. The summed E-state index contributed by atoms with van der Waals surface area (Å²) in [7, 11) is -1.04. The minimum atomic E-state index is -1.04. The van der Waals surface area contributed by atoms with E-state index in [-0.39, 0.29) is 30.4 Å². The molecule has 114 valence electrons. The summed E-state index contributed by atoms with van der Waals surface area (Å²) in [4.78, 5) is 11.7. The molecule has 20 heavy (non-hydrogen) atoms. The predicted molar refractivity (Wildman–Crippen MR) is 77.6 cm³/mol. The van der Waals surface area contributed by atoms with Gasteiger partial charge in [0.2, 0.25) is 0 Å². The Morgan fingerprint density at radius 1 is 1.45 bits per heavy atom. The number of nitriles is 1. The summed E-state index contributed by atoms with van der Waals surface area (Å²) < 4.78 is 21.3. The second kappa shape index (κ2) is 10.4. The molecule has 0 aliphatic carbocycles. The van der Waals surface area contributed by atoms with Gasteiger partial charge in [0.05, 0.1) is 50.6 Å². The van der Waals surface area contributed by atoms with Crippen LogP contribution in [0.3, 0.4) is 0 Å². The Balaban J connectivity index is 2.09. The highest BCUT2D eigenvalue weighted by atomic mass is 32.2. The van der Waals surface area contributed by atoms with Crippen molar-refractivity contribution in [3.63, 3.8) is 0 Å². The van der Waals surface area contributed by atoms with Crippen molar-refractivity contribution in [2.75, 3.05) is 39.3 Å². The summed E-state index contributed by atoms with van der Waals surface area (Å²) in [5, 5.41) is 8.59. The molecular formula is C12H20NO5PS. The molecule has 0 saturated carbocycles. The van der Waals surface area contributed by atoms with Crippen LogP contribution in [0.15, 0.2) is 0 Å². The van der Waals surface area contributed by atoms with Crippen LogP contribution in [0.25, 0.3) is 0 Å². The zero-order valence-electron chi connectivity index (χ0n) is 11.7. The van der Waals surface area contributed by atoms with Crippen molar-refractivity contribution in [1.82, 2.24) is 0 Å². The average molecular weight is 321 g/mol. The normalized spacial score (nSPS) is 23.2. The Hall–Kier alpha value is -0.380. The minimum absolute atomic E-state index is 0.160. The van der Waals surface area contributed by atoms with Crippen molar-refractivity contribution in [2.24, 2.45) is 0 Å². The van der Waals surface area contributed by atoms with Gasteiger partial charge in [-0.15, -0.1) is 0 Å². The molecule has 6 nitrogen and oxygen atoms in total. The number of thioether (sulfide) groups is 1. The first-order valence-corrected chi connectivity index (χ1v) is 9.25. The highest BCUT2D eigenvalue weighted by Crippen LogP contribution is 2.33. The molecule has 1 rings (SSSR count). The van der Waals surface area contributed by atoms with Crippen molar-refractivity contribution in [2.45, 2.75) is 24.2 Å². The lowest BCUT2D eigenvalue weighted by Crippen LogP contribution is -2.27. The van der Waals surface area contributed by atoms with Gasteiger partial charge in [-0.1, -0.05) is 0 Å². The van der Waals surface area contributed by atoms with Gasteiger partial charge in [-0.05, 0) is 6.26 Å². The van der Waals surface area contributed by atoms with Gasteiger partial charge < -0.3 is 18.5 Å². The summed E-state index contributed by atoms with van der Waals surface area (Å²) in [5.74, 6) is -0.278. The molecule has 1 fully saturated rings. The summed E-state index contributed by atoms with van der Waals surface area (Å²) in [5.41, 5.74) is 0. The van der Waals surface area contributed by atoms with E-state index in [4.69, 9.17) is 23.8 Å². The molecule has 3 atom stereocenters. The smallest absolute Gasteiger partial charge is 0.308 e. The van der Waals surface area contributed by atoms with Crippen LogP contribution in [0.2, 0.25) is 0 Å². The number of esters is 1. The van der Waals surface area contributed by atoms with Crippen LogP contribution in [0.1, 0.15) is 12.8 Å². The number of hydrogen-bond donors (Lipinski definition) is 0. The van der Waals surface area contributed by atoms with Gasteiger partial charge >= 0.3 is 5.97 Å². The van der Waals surface area contributed by atoms with Crippen molar-refractivity contribution >= 4 is 26.1 Å². The van der Waals surface area contributed by atoms with Gasteiger partial charge in [-0.25, -0.2) is 0 Å². The molecule has 0 radical (unpaired) electrons. The Kier molecular flexibility index (Phi) is 9.16. The fourth-order valence-corrected chi connectivity index (χ4v) is 3.03. The van der Waals surface area contributed by atoms with Crippen LogP contribution in [-0.2, 0) is 23.3 Å². The maximum atomic E-state index is 11.7. The fraction of sp³-hybridized carbons (Fsp3) is 0.833. The van der Waals surface area contributed by atoms with Crippen LogP contribution in [-0.4, -0.2) is 56.7 Å². The molecule has 8 heteroatoms. The van der Waals surface area contributed by atoms with E-state index in [0.29, 0.717) is 26.2 Å². The van der Waals surface area contributed by atoms with Crippen LogP contribution in [0.5, 0.6) is 0 Å².